The Labute approximate surface area is 99.9 Å². The molecule has 0 unspecified atom stereocenters. The molecule has 0 spiro atoms. The van der Waals surface area contributed by atoms with E-state index in [1.54, 1.807) is 0 Å². The molecule has 0 aromatic heterocycles. The van der Waals surface area contributed by atoms with Crippen molar-refractivity contribution in [2.75, 3.05) is 5.32 Å². The molecule has 0 saturated carbocycles. The zero-order chi connectivity index (χ0) is 13.8. The van der Waals surface area contributed by atoms with Gasteiger partial charge in [-0.05, 0) is 30.7 Å². The fourth-order valence-corrected chi connectivity index (χ4v) is 1.19. The van der Waals surface area contributed by atoms with E-state index in [2.05, 4.69) is 15.2 Å². The van der Waals surface area contributed by atoms with E-state index in [-0.39, 0.29) is 11.4 Å². The predicted octanol–water partition coefficient (Wildman–Crippen LogP) is 2.29. The number of benzene rings is 1. The number of carbonyl (C=O) groups excluding carboxylic acids is 1. The van der Waals surface area contributed by atoms with Crippen molar-refractivity contribution in [2.24, 2.45) is 5.16 Å². The zero-order valence-electron chi connectivity index (χ0n) is 9.15. The molecule has 5 nitrogen and oxygen atoms in total. The highest BCUT2D eigenvalue weighted by atomic mass is 19.4. The summed E-state index contributed by atoms with van der Waals surface area (Å²) in [6, 6.07) is 3.44. The summed E-state index contributed by atoms with van der Waals surface area (Å²) in [6.45, 7) is 1.49. The summed E-state index contributed by atoms with van der Waals surface area (Å²) in [5.41, 5.74) is 0.658. The van der Waals surface area contributed by atoms with Gasteiger partial charge < -0.3 is 15.3 Å². The Morgan fingerprint density at radius 3 is 2.67 bits per heavy atom. The summed E-state index contributed by atoms with van der Waals surface area (Å²) in [5.74, 6) is -1.08. The SMILES string of the molecule is Cc1cc(OC(F)(F)F)ccc1NC(=O)/C=N\O. The van der Waals surface area contributed by atoms with Gasteiger partial charge in [-0.3, -0.25) is 4.79 Å². The highest BCUT2D eigenvalue weighted by molar-refractivity contribution is 6.31. The van der Waals surface area contributed by atoms with E-state index in [4.69, 9.17) is 5.21 Å². The van der Waals surface area contributed by atoms with Crippen LogP contribution in [-0.4, -0.2) is 23.7 Å². The fourth-order valence-electron chi connectivity index (χ4n) is 1.19. The summed E-state index contributed by atoms with van der Waals surface area (Å²) in [5, 5.41) is 13.0. The number of oxime groups is 1. The summed E-state index contributed by atoms with van der Waals surface area (Å²) in [4.78, 5) is 11.0. The van der Waals surface area contributed by atoms with Gasteiger partial charge in [0, 0.05) is 5.69 Å². The predicted molar refractivity (Wildman–Crippen MR) is 56.8 cm³/mol. The van der Waals surface area contributed by atoms with E-state index in [0.717, 1.165) is 12.1 Å². The first-order valence-corrected chi connectivity index (χ1v) is 4.66. The molecule has 0 saturated heterocycles. The maximum Gasteiger partial charge on any atom is 0.573 e. The highest BCUT2D eigenvalue weighted by Gasteiger charge is 2.31. The standard InChI is InChI=1S/C10H9F3N2O3/c1-6-4-7(18-10(11,12)13)2-3-8(6)15-9(16)5-14-17/h2-5,17H,1H3,(H,15,16)/b14-5-. The molecule has 1 rings (SSSR count). The lowest BCUT2D eigenvalue weighted by Gasteiger charge is -2.11. The number of hydrogen-bond acceptors (Lipinski definition) is 4. The Morgan fingerprint density at radius 1 is 1.50 bits per heavy atom. The number of rotatable bonds is 3. The maximum absolute atomic E-state index is 11.9. The molecule has 0 aliphatic rings. The second-order valence-corrected chi connectivity index (χ2v) is 3.26. The fraction of sp³-hybridized carbons (Fsp3) is 0.200. The van der Waals surface area contributed by atoms with Gasteiger partial charge in [-0.2, -0.15) is 0 Å². The van der Waals surface area contributed by atoms with Crippen molar-refractivity contribution in [1.82, 2.24) is 0 Å². The quantitative estimate of drug-likeness (QED) is 0.498. The number of hydrogen-bond donors (Lipinski definition) is 2. The maximum atomic E-state index is 11.9. The molecule has 1 aromatic rings. The number of carbonyl (C=O) groups is 1. The molecular weight excluding hydrogens is 253 g/mol. The average molecular weight is 262 g/mol. The van der Waals surface area contributed by atoms with Crippen LogP contribution >= 0.6 is 0 Å². The van der Waals surface area contributed by atoms with Gasteiger partial charge in [0.1, 0.15) is 12.0 Å². The Balaban J connectivity index is 2.83. The molecular formula is C10H9F3N2O3. The van der Waals surface area contributed by atoms with Gasteiger partial charge in [-0.15, -0.1) is 13.2 Å². The first kappa shape index (κ1) is 13.8. The molecule has 1 aromatic carbocycles. The number of nitrogens with zero attached hydrogens (tertiary/aromatic N) is 1. The van der Waals surface area contributed by atoms with Crippen LogP contribution < -0.4 is 10.1 Å². The van der Waals surface area contributed by atoms with E-state index in [0.29, 0.717) is 11.8 Å². The molecule has 0 aliphatic carbocycles. The van der Waals surface area contributed by atoms with E-state index in [1.807, 2.05) is 0 Å². The van der Waals surface area contributed by atoms with E-state index in [9.17, 15) is 18.0 Å². The number of halogens is 3. The molecule has 2 N–H and O–H groups in total. The topological polar surface area (TPSA) is 70.9 Å². The van der Waals surface area contributed by atoms with Gasteiger partial charge in [0.2, 0.25) is 0 Å². The normalized spacial score (nSPS) is 11.6. The Morgan fingerprint density at radius 2 is 2.17 bits per heavy atom. The van der Waals surface area contributed by atoms with Crippen LogP contribution in [0.15, 0.2) is 23.4 Å². The van der Waals surface area contributed by atoms with Crippen LogP contribution in [0.3, 0.4) is 0 Å². The summed E-state index contributed by atoms with van der Waals surface area (Å²) in [7, 11) is 0. The van der Waals surface area contributed by atoms with Crippen LogP contribution in [-0.2, 0) is 4.79 Å². The number of anilines is 1. The smallest absolute Gasteiger partial charge is 0.411 e. The molecule has 0 radical (unpaired) electrons. The van der Waals surface area contributed by atoms with Crippen molar-refractivity contribution >= 4 is 17.8 Å². The van der Waals surface area contributed by atoms with Crippen LogP contribution in [0, 0.1) is 6.92 Å². The first-order chi connectivity index (χ1) is 8.31. The third kappa shape index (κ3) is 4.32. The van der Waals surface area contributed by atoms with Gasteiger partial charge >= 0.3 is 6.36 Å². The number of aryl methyl sites for hydroxylation is 1. The van der Waals surface area contributed by atoms with Gasteiger partial charge in [0.15, 0.2) is 0 Å². The summed E-state index contributed by atoms with van der Waals surface area (Å²) >= 11 is 0. The van der Waals surface area contributed by atoms with E-state index < -0.39 is 12.3 Å². The minimum Gasteiger partial charge on any atom is -0.411 e. The Bertz CT molecular complexity index is 472. The van der Waals surface area contributed by atoms with Crippen LogP contribution in [0.25, 0.3) is 0 Å². The zero-order valence-corrected chi connectivity index (χ0v) is 9.15. The third-order valence-electron chi connectivity index (χ3n) is 1.86. The first-order valence-electron chi connectivity index (χ1n) is 4.66. The molecule has 1 amide bonds. The second-order valence-electron chi connectivity index (χ2n) is 3.26. The number of alkyl halides is 3. The van der Waals surface area contributed by atoms with Crippen molar-refractivity contribution in [3.63, 3.8) is 0 Å². The van der Waals surface area contributed by atoms with Crippen LogP contribution in [0.5, 0.6) is 5.75 Å². The van der Waals surface area contributed by atoms with Gasteiger partial charge in [-0.1, -0.05) is 5.16 Å². The number of nitrogens with one attached hydrogen (secondary N) is 1. The third-order valence-corrected chi connectivity index (χ3v) is 1.86. The highest BCUT2D eigenvalue weighted by Crippen LogP contribution is 2.26. The largest absolute Gasteiger partial charge is 0.573 e. The second kappa shape index (κ2) is 5.39. The molecule has 0 fully saturated rings. The summed E-state index contributed by atoms with van der Waals surface area (Å²) < 4.78 is 39.6. The molecule has 0 heterocycles. The number of amides is 1. The van der Waals surface area contributed by atoms with Gasteiger partial charge in [0.25, 0.3) is 5.91 Å². The molecule has 18 heavy (non-hydrogen) atoms. The van der Waals surface area contributed by atoms with Crippen molar-refractivity contribution < 1.29 is 27.9 Å². The molecule has 8 heteroatoms. The van der Waals surface area contributed by atoms with E-state index in [1.165, 1.54) is 13.0 Å². The van der Waals surface area contributed by atoms with Crippen LogP contribution in [0.4, 0.5) is 18.9 Å². The Hall–Kier alpha value is -2.25. The molecule has 0 bridgehead atoms. The Kier molecular flexibility index (Phi) is 4.13. The van der Waals surface area contributed by atoms with Gasteiger partial charge in [-0.25, -0.2) is 0 Å². The number of ether oxygens (including phenoxy) is 1. The van der Waals surface area contributed by atoms with Gasteiger partial charge in [0.05, 0.1) is 0 Å². The minimum absolute atomic E-state index is 0.287. The monoisotopic (exact) mass is 262 g/mol. The van der Waals surface area contributed by atoms with Crippen LogP contribution in [0.2, 0.25) is 0 Å². The molecule has 98 valence electrons. The molecule has 0 atom stereocenters. The van der Waals surface area contributed by atoms with Crippen molar-refractivity contribution in [3.8, 4) is 5.75 Å². The molecule has 0 aliphatic heterocycles. The lowest BCUT2D eigenvalue weighted by Crippen LogP contribution is -2.17. The van der Waals surface area contributed by atoms with Crippen molar-refractivity contribution in [1.29, 1.82) is 0 Å². The van der Waals surface area contributed by atoms with Crippen molar-refractivity contribution in [2.45, 2.75) is 13.3 Å². The van der Waals surface area contributed by atoms with Crippen molar-refractivity contribution in [3.05, 3.63) is 23.8 Å². The average Bonchev–Trinajstić information content (AvgIpc) is 2.20. The minimum atomic E-state index is -4.76. The summed E-state index contributed by atoms with van der Waals surface area (Å²) in [6.07, 6.45) is -4.14. The van der Waals surface area contributed by atoms with Crippen LogP contribution in [0.1, 0.15) is 5.56 Å². The van der Waals surface area contributed by atoms with E-state index >= 15 is 0 Å². The lowest BCUT2D eigenvalue weighted by molar-refractivity contribution is -0.274. The lowest BCUT2D eigenvalue weighted by atomic mass is 10.2.